The quantitative estimate of drug-likeness (QED) is 0.557. The molecule has 0 aliphatic rings. The summed E-state index contributed by atoms with van der Waals surface area (Å²) >= 11 is 0. The van der Waals surface area contributed by atoms with E-state index in [4.69, 9.17) is 10.2 Å². The molecule has 0 aliphatic carbocycles. The molecule has 0 amide bonds. The van der Waals surface area contributed by atoms with Crippen LogP contribution in [0.2, 0.25) is 0 Å². The maximum Gasteiger partial charge on any atom is 0.314 e. The number of Topliss-reactive ketones (excluding diaryl/α,β-unsaturated/α-hetero) is 1. The van der Waals surface area contributed by atoms with Gasteiger partial charge < -0.3 is 10.2 Å². The van der Waals surface area contributed by atoms with E-state index in [0.717, 1.165) is 0 Å². The molecule has 1 atom stereocenters. The van der Waals surface area contributed by atoms with E-state index in [1.807, 2.05) is 0 Å². The summed E-state index contributed by atoms with van der Waals surface area (Å²) in [4.78, 5) is 21.2. The number of aliphatic hydroxyl groups is 1. The van der Waals surface area contributed by atoms with E-state index in [2.05, 4.69) is 0 Å². The average Bonchev–Trinajstić information content (AvgIpc) is 1.88. The Morgan fingerprint density at radius 2 is 2.00 bits per heavy atom. The number of aliphatic hydroxyl groups excluding tert-OH is 1. The summed E-state index contributed by atoms with van der Waals surface area (Å²) in [5.41, 5.74) is 0. The number of carbonyl (C=O) groups is 2. The smallest absolute Gasteiger partial charge is 0.314 e. The van der Waals surface area contributed by atoms with Crippen molar-refractivity contribution in [2.24, 2.45) is 5.92 Å². The molecule has 0 aromatic rings. The highest BCUT2D eigenvalue weighted by atomic mass is 16.4. The van der Waals surface area contributed by atoms with Crippen molar-refractivity contribution in [2.45, 2.75) is 19.8 Å². The molecule has 2 N–H and O–H groups in total. The third kappa shape index (κ3) is 3.13. The average molecular weight is 160 g/mol. The number of ketones is 1. The van der Waals surface area contributed by atoms with Crippen molar-refractivity contribution < 1.29 is 19.8 Å². The van der Waals surface area contributed by atoms with Gasteiger partial charge in [-0.05, 0) is 6.42 Å². The van der Waals surface area contributed by atoms with Gasteiger partial charge in [0.15, 0.2) is 0 Å². The summed E-state index contributed by atoms with van der Waals surface area (Å²) in [5.74, 6) is -2.45. The Balaban J connectivity index is 4.03. The Morgan fingerprint density at radius 1 is 1.45 bits per heavy atom. The number of hydrogen-bond donors (Lipinski definition) is 2. The molecule has 0 aromatic heterocycles. The van der Waals surface area contributed by atoms with Crippen molar-refractivity contribution in [3.63, 3.8) is 0 Å². The Kier molecular flexibility index (Phi) is 4.45. The molecule has 4 nitrogen and oxygen atoms in total. The molecule has 1 unspecified atom stereocenters. The summed E-state index contributed by atoms with van der Waals surface area (Å²) in [6.07, 6.45) is 0.221. The molecule has 11 heavy (non-hydrogen) atoms. The predicted octanol–water partition coefficient (Wildman–Crippen LogP) is 0.0487. The van der Waals surface area contributed by atoms with E-state index in [9.17, 15) is 9.59 Å². The van der Waals surface area contributed by atoms with Crippen LogP contribution in [0.4, 0.5) is 0 Å². The van der Waals surface area contributed by atoms with Gasteiger partial charge in [-0.3, -0.25) is 9.59 Å². The zero-order valence-electron chi connectivity index (χ0n) is 6.41. The number of carboxylic acids is 1. The summed E-state index contributed by atoms with van der Waals surface area (Å²) < 4.78 is 0. The first-order valence-corrected chi connectivity index (χ1v) is 3.49. The van der Waals surface area contributed by atoms with Crippen LogP contribution in [0, 0.1) is 5.92 Å². The molecule has 4 heteroatoms. The highest BCUT2D eigenvalue weighted by Gasteiger charge is 2.22. The molecule has 0 radical (unpaired) electrons. The zero-order chi connectivity index (χ0) is 8.85. The third-order valence-electron chi connectivity index (χ3n) is 1.45. The third-order valence-corrected chi connectivity index (χ3v) is 1.45. The predicted molar refractivity (Wildman–Crippen MR) is 38.1 cm³/mol. The van der Waals surface area contributed by atoms with Gasteiger partial charge in [0, 0.05) is 13.0 Å². The van der Waals surface area contributed by atoms with Gasteiger partial charge in [-0.15, -0.1) is 0 Å². The molecular formula is C7H12O4. The lowest BCUT2D eigenvalue weighted by atomic mass is 9.99. The molecule has 0 aromatic carbocycles. The Labute approximate surface area is 64.8 Å². The van der Waals surface area contributed by atoms with Crippen LogP contribution in [-0.4, -0.2) is 28.6 Å². The monoisotopic (exact) mass is 160 g/mol. The van der Waals surface area contributed by atoms with Gasteiger partial charge in [-0.1, -0.05) is 6.92 Å². The van der Waals surface area contributed by atoms with Gasteiger partial charge in [0.2, 0.25) is 0 Å². The van der Waals surface area contributed by atoms with Gasteiger partial charge in [-0.2, -0.15) is 0 Å². The van der Waals surface area contributed by atoms with Crippen molar-refractivity contribution in [3.05, 3.63) is 0 Å². The van der Waals surface area contributed by atoms with Gasteiger partial charge in [0.25, 0.3) is 0 Å². The molecule has 0 saturated carbocycles. The van der Waals surface area contributed by atoms with Gasteiger partial charge >= 0.3 is 5.97 Å². The number of hydrogen-bond acceptors (Lipinski definition) is 3. The fourth-order valence-electron chi connectivity index (χ4n) is 0.824. The van der Waals surface area contributed by atoms with Crippen LogP contribution in [-0.2, 0) is 9.59 Å². The lowest BCUT2D eigenvalue weighted by Gasteiger charge is -2.05. The highest BCUT2D eigenvalue weighted by molar-refractivity contribution is 5.98. The van der Waals surface area contributed by atoms with Crippen molar-refractivity contribution in [1.29, 1.82) is 0 Å². The number of aliphatic carboxylic acids is 1. The van der Waals surface area contributed by atoms with Crippen LogP contribution < -0.4 is 0 Å². The van der Waals surface area contributed by atoms with Crippen LogP contribution in [0.1, 0.15) is 19.8 Å². The second-order valence-electron chi connectivity index (χ2n) is 2.24. The van der Waals surface area contributed by atoms with E-state index >= 15 is 0 Å². The first-order chi connectivity index (χ1) is 5.13. The maximum atomic E-state index is 10.9. The number of rotatable bonds is 5. The largest absolute Gasteiger partial charge is 0.481 e. The number of carbonyl (C=O) groups excluding carboxylic acids is 1. The second kappa shape index (κ2) is 4.85. The Morgan fingerprint density at radius 3 is 2.27 bits per heavy atom. The van der Waals surface area contributed by atoms with Crippen molar-refractivity contribution in [1.82, 2.24) is 0 Å². The molecule has 0 bridgehead atoms. The minimum absolute atomic E-state index is 0.0647. The second-order valence-corrected chi connectivity index (χ2v) is 2.24. The van der Waals surface area contributed by atoms with E-state index < -0.39 is 17.7 Å². The molecule has 0 fully saturated rings. The van der Waals surface area contributed by atoms with E-state index in [0.29, 0.717) is 0 Å². The van der Waals surface area contributed by atoms with Crippen LogP contribution >= 0.6 is 0 Å². The SMILES string of the molecule is CCC(C(=O)O)C(=O)CCO. The molecule has 0 saturated heterocycles. The summed E-state index contributed by atoms with van der Waals surface area (Å²) in [6, 6.07) is 0. The maximum absolute atomic E-state index is 10.9. The topological polar surface area (TPSA) is 74.6 Å². The summed E-state index contributed by atoms with van der Waals surface area (Å²) in [5, 5.41) is 16.8. The molecule has 0 heterocycles. The number of carboxylic acid groups (broad SMARTS) is 1. The molecule has 0 spiro atoms. The van der Waals surface area contributed by atoms with Crippen molar-refractivity contribution in [2.75, 3.05) is 6.61 Å². The van der Waals surface area contributed by atoms with Crippen LogP contribution in [0.25, 0.3) is 0 Å². The highest BCUT2D eigenvalue weighted by Crippen LogP contribution is 2.06. The Bertz CT molecular complexity index is 153. The molecular weight excluding hydrogens is 148 g/mol. The van der Waals surface area contributed by atoms with Crippen molar-refractivity contribution >= 4 is 11.8 Å². The fourth-order valence-corrected chi connectivity index (χ4v) is 0.824. The molecule has 0 rings (SSSR count). The first-order valence-electron chi connectivity index (χ1n) is 3.49. The first kappa shape index (κ1) is 10.1. The van der Waals surface area contributed by atoms with Crippen LogP contribution in [0.3, 0.4) is 0 Å². The lowest BCUT2D eigenvalue weighted by Crippen LogP contribution is -2.23. The normalized spacial score (nSPS) is 12.5. The van der Waals surface area contributed by atoms with Gasteiger partial charge in [0.05, 0.1) is 0 Å². The van der Waals surface area contributed by atoms with Crippen LogP contribution in [0.15, 0.2) is 0 Å². The van der Waals surface area contributed by atoms with E-state index in [-0.39, 0.29) is 19.4 Å². The van der Waals surface area contributed by atoms with E-state index in [1.54, 1.807) is 6.92 Å². The zero-order valence-corrected chi connectivity index (χ0v) is 6.41. The minimum atomic E-state index is -1.11. The van der Waals surface area contributed by atoms with Crippen molar-refractivity contribution in [3.8, 4) is 0 Å². The molecule has 64 valence electrons. The van der Waals surface area contributed by atoms with Gasteiger partial charge in [0.1, 0.15) is 11.7 Å². The fraction of sp³-hybridized carbons (Fsp3) is 0.714. The summed E-state index contributed by atoms with van der Waals surface area (Å²) in [7, 11) is 0. The van der Waals surface area contributed by atoms with Crippen LogP contribution in [0.5, 0.6) is 0 Å². The van der Waals surface area contributed by atoms with Gasteiger partial charge in [-0.25, -0.2) is 0 Å². The Hall–Kier alpha value is -0.900. The minimum Gasteiger partial charge on any atom is -0.481 e. The molecule has 0 aliphatic heterocycles. The summed E-state index contributed by atoms with van der Waals surface area (Å²) in [6.45, 7) is 1.36. The van der Waals surface area contributed by atoms with E-state index in [1.165, 1.54) is 0 Å². The lowest BCUT2D eigenvalue weighted by molar-refractivity contribution is -0.146. The standard InChI is InChI=1S/C7H12O4/c1-2-5(7(10)11)6(9)3-4-8/h5,8H,2-4H2,1H3,(H,10,11).